The average Bonchev–Trinajstić information content (AvgIpc) is 2.16. The summed E-state index contributed by atoms with van der Waals surface area (Å²) in [6.45, 7) is 9.78. The van der Waals surface area contributed by atoms with Crippen LogP contribution in [-0.2, 0) is 4.79 Å². The van der Waals surface area contributed by atoms with Gasteiger partial charge in [-0.15, -0.1) is 0 Å². The van der Waals surface area contributed by atoms with Crippen molar-refractivity contribution >= 4 is 5.91 Å². The van der Waals surface area contributed by atoms with Gasteiger partial charge in [-0.1, -0.05) is 26.7 Å². The minimum atomic E-state index is 0.00277. The van der Waals surface area contributed by atoms with E-state index in [1.807, 2.05) is 6.67 Å². The van der Waals surface area contributed by atoms with Gasteiger partial charge in [-0.25, -0.2) is 0 Å². The Balaban J connectivity index is 3.65. The van der Waals surface area contributed by atoms with E-state index in [1.165, 1.54) is 32.6 Å². The Morgan fingerprint density at radius 3 is 2.07 bits per heavy atom. The van der Waals surface area contributed by atoms with E-state index in [4.69, 9.17) is 0 Å². The van der Waals surface area contributed by atoms with Crippen LogP contribution in [0.3, 0.4) is 0 Å². The van der Waals surface area contributed by atoms with Gasteiger partial charge in [-0.05, 0) is 12.8 Å². The first-order valence-corrected chi connectivity index (χ1v) is 5.55. The van der Waals surface area contributed by atoms with Crippen molar-refractivity contribution in [2.45, 2.75) is 46.5 Å². The highest BCUT2D eigenvalue weighted by atomic mass is 16.1. The summed E-state index contributed by atoms with van der Waals surface area (Å²) in [6, 6.07) is 0. The molecular weight excluding hydrogens is 176 g/mol. The number of unbranched alkanes of at least 4 members (excludes halogenated alkanes) is 2. The first kappa shape index (κ1) is 13.4. The van der Waals surface area contributed by atoms with Crippen LogP contribution in [0.25, 0.3) is 0 Å². The lowest BCUT2D eigenvalue weighted by Crippen LogP contribution is -2.32. The number of hydrogen-bond donors (Lipinski definition) is 1. The standard InChI is InChI=1S/C11H23N2O/c1-4-6-8-13(9-7-5-2)10-12-11(3)14/h10H,4-9H2,1-3H3,(H,12,14). The Hall–Kier alpha value is -0.570. The van der Waals surface area contributed by atoms with Crippen molar-refractivity contribution in [2.75, 3.05) is 13.1 Å². The van der Waals surface area contributed by atoms with Crippen LogP contribution < -0.4 is 5.32 Å². The van der Waals surface area contributed by atoms with Crippen LogP contribution >= 0.6 is 0 Å². The number of carbonyl (C=O) groups is 1. The molecule has 0 aliphatic carbocycles. The average molecular weight is 199 g/mol. The quantitative estimate of drug-likeness (QED) is 0.649. The molecule has 1 amide bonds. The monoisotopic (exact) mass is 199 g/mol. The van der Waals surface area contributed by atoms with Crippen LogP contribution in [0, 0.1) is 6.67 Å². The first-order chi connectivity index (χ1) is 6.70. The van der Waals surface area contributed by atoms with E-state index in [9.17, 15) is 4.79 Å². The summed E-state index contributed by atoms with van der Waals surface area (Å²) in [7, 11) is 0. The SMILES string of the molecule is CCCCN([CH]NC(C)=O)CCCC. The van der Waals surface area contributed by atoms with Gasteiger partial charge in [0.25, 0.3) is 0 Å². The molecule has 0 bridgehead atoms. The predicted octanol–water partition coefficient (Wildman–Crippen LogP) is 2.14. The van der Waals surface area contributed by atoms with E-state index in [-0.39, 0.29) is 5.91 Å². The molecule has 0 saturated carbocycles. The van der Waals surface area contributed by atoms with Crippen LogP contribution in [-0.4, -0.2) is 23.9 Å². The molecule has 0 rings (SSSR count). The lowest BCUT2D eigenvalue weighted by molar-refractivity contribution is -0.118. The second-order valence-corrected chi connectivity index (χ2v) is 3.57. The van der Waals surface area contributed by atoms with E-state index >= 15 is 0 Å². The maximum atomic E-state index is 10.7. The maximum Gasteiger partial charge on any atom is 0.218 e. The zero-order valence-electron chi connectivity index (χ0n) is 9.68. The zero-order chi connectivity index (χ0) is 10.8. The Morgan fingerprint density at radius 2 is 1.71 bits per heavy atom. The van der Waals surface area contributed by atoms with Gasteiger partial charge in [-0.3, -0.25) is 9.69 Å². The lowest BCUT2D eigenvalue weighted by Gasteiger charge is -2.20. The molecule has 0 aliphatic rings. The molecule has 83 valence electrons. The fourth-order valence-corrected chi connectivity index (χ4v) is 1.15. The molecule has 0 aromatic rings. The van der Waals surface area contributed by atoms with Gasteiger partial charge in [0.15, 0.2) is 0 Å². The second-order valence-electron chi connectivity index (χ2n) is 3.57. The highest BCUT2D eigenvalue weighted by Gasteiger charge is 2.04. The molecule has 0 atom stereocenters. The summed E-state index contributed by atoms with van der Waals surface area (Å²) in [5.41, 5.74) is 0. The molecule has 3 nitrogen and oxygen atoms in total. The molecule has 0 fully saturated rings. The fourth-order valence-electron chi connectivity index (χ4n) is 1.15. The summed E-state index contributed by atoms with van der Waals surface area (Å²) in [6.07, 6.45) is 4.74. The normalized spacial score (nSPS) is 10.6. The lowest BCUT2D eigenvalue weighted by atomic mass is 10.3. The smallest absolute Gasteiger partial charge is 0.218 e. The molecule has 14 heavy (non-hydrogen) atoms. The highest BCUT2D eigenvalue weighted by molar-refractivity contribution is 5.73. The van der Waals surface area contributed by atoms with Gasteiger partial charge in [0.1, 0.15) is 6.67 Å². The topological polar surface area (TPSA) is 32.3 Å². The third kappa shape index (κ3) is 8.05. The minimum Gasteiger partial charge on any atom is -0.338 e. The Bertz CT molecular complexity index is 140. The summed E-state index contributed by atoms with van der Waals surface area (Å²) in [5.74, 6) is 0.00277. The summed E-state index contributed by atoms with van der Waals surface area (Å²) >= 11 is 0. The van der Waals surface area contributed by atoms with Crippen LogP contribution in [0.15, 0.2) is 0 Å². The highest BCUT2D eigenvalue weighted by Crippen LogP contribution is 1.99. The Labute approximate surface area is 87.9 Å². The van der Waals surface area contributed by atoms with Crippen molar-refractivity contribution in [2.24, 2.45) is 0 Å². The molecule has 0 aromatic carbocycles. The minimum absolute atomic E-state index is 0.00277. The summed E-state index contributed by atoms with van der Waals surface area (Å²) in [4.78, 5) is 12.9. The van der Waals surface area contributed by atoms with Crippen molar-refractivity contribution in [3.05, 3.63) is 6.67 Å². The Kier molecular flexibility index (Phi) is 8.64. The maximum absolute atomic E-state index is 10.7. The molecule has 0 aromatic heterocycles. The number of rotatable bonds is 8. The van der Waals surface area contributed by atoms with E-state index in [1.54, 1.807) is 0 Å². The molecule has 0 unspecified atom stereocenters. The van der Waals surface area contributed by atoms with Crippen molar-refractivity contribution in [3.8, 4) is 0 Å². The first-order valence-electron chi connectivity index (χ1n) is 5.55. The van der Waals surface area contributed by atoms with Gasteiger partial charge >= 0.3 is 0 Å². The molecule has 1 radical (unpaired) electrons. The second kappa shape index (κ2) is 9.00. The van der Waals surface area contributed by atoms with Crippen LogP contribution in [0.2, 0.25) is 0 Å². The number of nitrogens with zero attached hydrogens (tertiary/aromatic N) is 1. The van der Waals surface area contributed by atoms with Gasteiger partial charge in [-0.2, -0.15) is 0 Å². The largest absolute Gasteiger partial charge is 0.338 e. The molecule has 0 spiro atoms. The third-order valence-corrected chi connectivity index (χ3v) is 2.05. The Morgan fingerprint density at radius 1 is 1.21 bits per heavy atom. The van der Waals surface area contributed by atoms with Gasteiger partial charge < -0.3 is 5.32 Å². The molecule has 0 saturated heterocycles. The van der Waals surface area contributed by atoms with Crippen molar-refractivity contribution < 1.29 is 4.79 Å². The molecular formula is C11H23N2O. The van der Waals surface area contributed by atoms with Crippen LogP contribution in [0.4, 0.5) is 0 Å². The van der Waals surface area contributed by atoms with Crippen LogP contribution in [0.1, 0.15) is 46.5 Å². The third-order valence-electron chi connectivity index (χ3n) is 2.05. The predicted molar refractivity (Wildman–Crippen MR) is 59.5 cm³/mol. The zero-order valence-corrected chi connectivity index (χ0v) is 9.68. The number of nitrogens with one attached hydrogen (secondary N) is 1. The van der Waals surface area contributed by atoms with Gasteiger partial charge in [0.05, 0.1) is 0 Å². The van der Waals surface area contributed by atoms with E-state index in [0.717, 1.165) is 13.1 Å². The molecule has 3 heteroatoms. The fraction of sp³-hybridized carbons (Fsp3) is 0.818. The molecule has 1 N–H and O–H groups in total. The van der Waals surface area contributed by atoms with E-state index in [2.05, 4.69) is 24.1 Å². The van der Waals surface area contributed by atoms with Crippen LogP contribution in [0.5, 0.6) is 0 Å². The molecule has 0 aliphatic heterocycles. The summed E-state index contributed by atoms with van der Waals surface area (Å²) in [5, 5.41) is 2.73. The van der Waals surface area contributed by atoms with Crippen molar-refractivity contribution in [1.82, 2.24) is 10.2 Å². The summed E-state index contributed by atoms with van der Waals surface area (Å²) < 4.78 is 0. The van der Waals surface area contributed by atoms with E-state index in [0.29, 0.717) is 0 Å². The number of hydrogen-bond acceptors (Lipinski definition) is 2. The van der Waals surface area contributed by atoms with E-state index < -0.39 is 0 Å². The van der Waals surface area contributed by atoms with Crippen molar-refractivity contribution in [3.63, 3.8) is 0 Å². The number of amides is 1. The van der Waals surface area contributed by atoms with Gasteiger partial charge in [0, 0.05) is 20.0 Å². The van der Waals surface area contributed by atoms with Crippen molar-refractivity contribution in [1.29, 1.82) is 0 Å². The van der Waals surface area contributed by atoms with Gasteiger partial charge in [0.2, 0.25) is 5.91 Å². The number of carbonyl (C=O) groups excluding carboxylic acids is 1. The molecule has 0 heterocycles.